The van der Waals surface area contributed by atoms with Crippen molar-refractivity contribution in [1.82, 2.24) is 9.55 Å². The molecule has 0 fully saturated rings. The maximum atomic E-state index is 13.6. The van der Waals surface area contributed by atoms with Gasteiger partial charge in [0.05, 0.1) is 17.6 Å². The maximum Gasteiger partial charge on any atom is 0.238 e. The molecule has 0 unspecified atom stereocenters. The van der Waals surface area contributed by atoms with Crippen molar-refractivity contribution in [3.8, 4) is 11.4 Å². The predicted octanol–water partition coefficient (Wildman–Crippen LogP) is 4.47. The Morgan fingerprint density at radius 1 is 1.22 bits per heavy atom. The van der Waals surface area contributed by atoms with E-state index in [2.05, 4.69) is 28.7 Å². The molecule has 146 valence electrons. The fourth-order valence-electron chi connectivity index (χ4n) is 2.94. The summed E-state index contributed by atoms with van der Waals surface area (Å²) < 4.78 is 15.6. The second-order valence-electron chi connectivity index (χ2n) is 6.31. The number of hydrogen-bond donors (Lipinski definition) is 2. The topological polar surface area (TPSA) is 72.9 Å². The molecule has 5 nitrogen and oxygen atoms in total. The Balaban J connectivity index is 0.00000182. The molecule has 0 spiro atoms. The van der Waals surface area contributed by atoms with E-state index in [9.17, 15) is 9.18 Å². The van der Waals surface area contributed by atoms with Crippen LogP contribution in [0.1, 0.15) is 25.5 Å². The van der Waals surface area contributed by atoms with Gasteiger partial charge in [-0.1, -0.05) is 0 Å². The molecule has 1 heterocycles. The Morgan fingerprint density at radius 2 is 1.93 bits per heavy atom. The molecule has 8 heteroatoms. The number of carbonyl (C=O) groups is 1. The second kappa shape index (κ2) is 9.17. The SMILES string of the molecule is Cc1cc(-c2nc3cc(F)ccc3n2C(C)C)ccc1NC(=O)CN.Cl.Cl. The Labute approximate surface area is 170 Å². The van der Waals surface area contributed by atoms with Crippen LogP contribution in [0.25, 0.3) is 22.4 Å². The van der Waals surface area contributed by atoms with Gasteiger partial charge in [-0.15, -0.1) is 24.8 Å². The van der Waals surface area contributed by atoms with Crippen molar-refractivity contribution in [1.29, 1.82) is 0 Å². The van der Waals surface area contributed by atoms with Crippen LogP contribution in [-0.2, 0) is 4.79 Å². The first-order valence-corrected chi connectivity index (χ1v) is 8.19. The van der Waals surface area contributed by atoms with Gasteiger partial charge >= 0.3 is 0 Å². The van der Waals surface area contributed by atoms with Crippen LogP contribution in [0, 0.1) is 12.7 Å². The lowest BCUT2D eigenvalue weighted by atomic mass is 10.1. The van der Waals surface area contributed by atoms with Crippen LogP contribution < -0.4 is 11.1 Å². The number of nitrogens with one attached hydrogen (secondary N) is 1. The molecule has 0 saturated carbocycles. The molecular formula is C19H23Cl2FN4O. The zero-order valence-corrected chi connectivity index (χ0v) is 17.0. The number of imidazole rings is 1. The average molecular weight is 413 g/mol. The number of aryl methyl sites for hydroxylation is 1. The molecule has 0 aliphatic heterocycles. The van der Waals surface area contributed by atoms with Crippen molar-refractivity contribution in [3.63, 3.8) is 0 Å². The van der Waals surface area contributed by atoms with Crippen molar-refractivity contribution in [2.75, 3.05) is 11.9 Å². The van der Waals surface area contributed by atoms with Gasteiger partial charge in [0.1, 0.15) is 11.6 Å². The van der Waals surface area contributed by atoms with Crippen molar-refractivity contribution in [3.05, 3.63) is 47.8 Å². The van der Waals surface area contributed by atoms with Crippen LogP contribution >= 0.6 is 24.8 Å². The summed E-state index contributed by atoms with van der Waals surface area (Å²) >= 11 is 0. The number of hydrogen-bond acceptors (Lipinski definition) is 3. The summed E-state index contributed by atoms with van der Waals surface area (Å²) in [6.07, 6.45) is 0. The van der Waals surface area contributed by atoms with Crippen molar-refractivity contribution in [2.45, 2.75) is 26.8 Å². The predicted molar refractivity (Wildman–Crippen MR) is 112 cm³/mol. The average Bonchev–Trinajstić information content (AvgIpc) is 2.95. The minimum absolute atomic E-state index is 0. The van der Waals surface area contributed by atoms with E-state index in [0.717, 1.165) is 28.2 Å². The number of amides is 1. The molecule has 0 aliphatic rings. The largest absolute Gasteiger partial charge is 0.325 e. The van der Waals surface area contributed by atoms with E-state index in [1.165, 1.54) is 12.1 Å². The first-order chi connectivity index (χ1) is 11.9. The maximum absolute atomic E-state index is 13.6. The van der Waals surface area contributed by atoms with Gasteiger partial charge in [-0.05, 0) is 56.7 Å². The van der Waals surface area contributed by atoms with E-state index in [1.54, 1.807) is 6.07 Å². The molecule has 27 heavy (non-hydrogen) atoms. The minimum atomic E-state index is -0.302. The van der Waals surface area contributed by atoms with Crippen molar-refractivity contribution < 1.29 is 9.18 Å². The van der Waals surface area contributed by atoms with Gasteiger partial charge in [-0.3, -0.25) is 4.79 Å². The first kappa shape index (κ1) is 22.9. The normalized spacial score (nSPS) is 10.4. The quantitative estimate of drug-likeness (QED) is 0.663. The van der Waals surface area contributed by atoms with Crippen LogP contribution in [0.5, 0.6) is 0 Å². The summed E-state index contributed by atoms with van der Waals surface area (Å²) in [5, 5.41) is 2.77. The summed E-state index contributed by atoms with van der Waals surface area (Å²) in [6.45, 7) is 5.99. The molecule has 0 atom stereocenters. The van der Waals surface area contributed by atoms with Gasteiger partial charge in [0.2, 0.25) is 5.91 Å². The highest BCUT2D eigenvalue weighted by molar-refractivity contribution is 5.93. The molecule has 0 radical (unpaired) electrons. The smallest absolute Gasteiger partial charge is 0.238 e. The summed E-state index contributed by atoms with van der Waals surface area (Å²) in [5.74, 6) is 0.236. The van der Waals surface area contributed by atoms with Crippen LogP contribution in [0.3, 0.4) is 0 Å². The zero-order chi connectivity index (χ0) is 18.1. The van der Waals surface area contributed by atoms with Crippen molar-refractivity contribution >= 4 is 47.4 Å². The molecule has 3 N–H and O–H groups in total. The molecular weight excluding hydrogens is 390 g/mol. The number of nitrogens with zero attached hydrogens (tertiary/aromatic N) is 2. The highest BCUT2D eigenvalue weighted by atomic mass is 35.5. The van der Waals surface area contributed by atoms with Gasteiger partial charge in [0.25, 0.3) is 0 Å². The number of rotatable bonds is 4. The number of anilines is 1. The number of fused-ring (bicyclic) bond motifs is 1. The fourth-order valence-corrected chi connectivity index (χ4v) is 2.94. The molecule has 3 rings (SSSR count). The summed E-state index contributed by atoms with van der Waals surface area (Å²) in [4.78, 5) is 16.1. The third-order valence-corrected chi connectivity index (χ3v) is 4.11. The van der Waals surface area contributed by atoms with Gasteiger partial charge in [0, 0.05) is 23.4 Å². The number of halogens is 3. The third kappa shape index (κ3) is 4.58. The van der Waals surface area contributed by atoms with Gasteiger partial charge in [-0.2, -0.15) is 0 Å². The summed E-state index contributed by atoms with van der Waals surface area (Å²) in [7, 11) is 0. The van der Waals surface area contributed by atoms with Crippen LogP contribution in [0.15, 0.2) is 36.4 Å². The summed E-state index contributed by atoms with van der Waals surface area (Å²) in [5.41, 5.74) is 9.40. The number of nitrogens with two attached hydrogens (primary N) is 1. The first-order valence-electron chi connectivity index (χ1n) is 8.19. The number of benzene rings is 2. The van der Waals surface area contributed by atoms with Gasteiger partial charge in [-0.25, -0.2) is 9.37 Å². The van der Waals surface area contributed by atoms with Crippen LogP contribution in [0.2, 0.25) is 0 Å². The molecule has 1 amide bonds. The van der Waals surface area contributed by atoms with Crippen LogP contribution in [0.4, 0.5) is 10.1 Å². The monoisotopic (exact) mass is 412 g/mol. The number of carbonyl (C=O) groups excluding carboxylic acids is 1. The number of aromatic nitrogens is 2. The summed E-state index contributed by atoms with van der Waals surface area (Å²) in [6, 6.07) is 10.5. The second-order valence-corrected chi connectivity index (χ2v) is 6.31. The molecule has 0 saturated heterocycles. The lowest BCUT2D eigenvalue weighted by Crippen LogP contribution is -2.22. The van der Waals surface area contributed by atoms with E-state index in [-0.39, 0.29) is 49.1 Å². The fraction of sp³-hybridized carbons (Fsp3) is 0.263. The lowest BCUT2D eigenvalue weighted by Gasteiger charge is -2.14. The highest BCUT2D eigenvalue weighted by Gasteiger charge is 2.16. The van der Waals surface area contributed by atoms with E-state index < -0.39 is 0 Å². The minimum Gasteiger partial charge on any atom is -0.325 e. The highest BCUT2D eigenvalue weighted by Crippen LogP contribution is 2.30. The molecule has 0 bridgehead atoms. The molecule has 1 aromatic heterocycles. The Morgan fingerprint density at radius 3 is 2.52 bits per heavy atom. The van der Waals surface area contributed by atoms with E-state index in [4.69, 9.17) is 5.73 Å². The van der Waals surface area contributed by atoms with Crippen LogP contribution in [-0.4, -0.2) is 22.0 Å². The Kier molecular flexibility index (Phi) is 7.77. The third-order valence-electron chi connectivity index (χ3n) is 4.11. The van der Waals surface area contributed by atoms with Crippen molar-refractivity contribution in [2.24, 2.45) is 5.73 Å². The Bertz CT molecular complexity index is 956. The molecule has 2 aromatic carbocycles. The standard InChI is InChI=1S/C19H21FN4O.2ClH/c1-11(2)24-17-7-5-14(20)9-16(17)23-19(24)13-4-6-15(12(3)8-13)22-18(25)10-21;;/h4-9,11H,10,21H2,1-3H3,(H,22,25);2*1H. The van der Waals surface area contributed by atoms with Gasteiger partial charge < -0.3 is 15.6 Å². The zero-order valence-electron chi connectivity index (χ0n) is 15.3. The van der Waals surface area contributed by atoms with E-state index >= 15 is 0 Å². The lowest BCUT2D eigenvalue weighted by molar-refractivity contribution is -0.114. The molecule has 3 aromatic rings. The van der Waals surface area contributed by atoms with E-state index in [0.29, 0.717) is 5.52 Å². The molecule has 0 aliphatic carbocycles. The van der Waals surface area contributed by atoms with Gasteiger partial charge in [0.15, 0.2) is 0 Å². The van der Waals surface area contributed by atoms with E-state index in [1.807, 2.05) is 25.1 Å². The Hall–Kier alpha value is -2.15.